The molecule has 1 saturated heterocycles. The second kappa shape index (κ2) is 11.3. The lowest BCUT2D eigenvalue weighted by atomic mass is 9.88. The number of piperidine rings is 1. The highest BCUT2D eigenvalue weighted by atomic mass is 35.5. The summed E-state index contributed by atoms with van der Waals surface area (Å²) < 4.78 is 0. The normalized spacial score (nSPS) is 17.6. The van der Waals surface area contributed by atoms with E-state index in [1.807, 2.05) is 60.8 Å². The number of amides is 1. The Labute approximate surface area is 195 Å². The number of aromatic nitrogens is 1. The molecule has 32 heavy (non-hydrogen) atoms. The number of pyridine rings is 1. The molecule has 1 fully saturated rings. The molecule has 1 aliphatic rings. The minimum absolute atomic E-state index is 0.0801. The van der Waals surface area contributed by atoms with Crippen molar-refractivity contribution >= 4 is 17.5 Å². The van der Waals surface area contributed by atoms with Crippen LogP contribution in [0.4, 0.5) is 0 Å². The maximum absolute atomic E-state index is 12.9. The first-order valence-electron chi connectivity index (χ1n) is 11.4. The maximum Gasteiger partial charge on any atom is 0.220 e. The van der Waals surface area contributed by atoms with Crippen molar-refractivity contribution in [2.75, 3.05) is 13.1 Å². The fourth-order valence-corrected chi connectivity index (χ4v) is 4.75. The first-order valence-corrected chi connectivity index (χ1v) is 11.8. The average molecular weight is 448 g/mol. The van der Waals surface area contributed by atoms with Gasteiger partial charge in [-0.05, 0) is 67.1 Å². The third-order valence-electron chi connectivity index (χ3n) is 6.12. The van der Waals surface area contributed by atoms with Crippen molar-refractivity contribution in [1.82, 2.24) is 15.2 Å². The van der Waals surface area contributed by atoms with E-state index in [1.54, 1.807) is 0 Å². The maximum atomic E-state index is 12.9. The van der Waals surface area contributed by atoms with E-state index in [-0.39, 0.29) is 11.9 Å². The van der Waals surface area contributed by atoms with Gasteiger partial charge in [-0.2, -0.15) is 0 Å². The number of benzene rings is 2. The molecule has 2 atom stereocenters. The summed E-state index contributed by atoms with van der Waals surface area (Å²) >= 11 is 6.18. The number of hydrogen-bond donors (Lipinski definition) is 1. The van der Waals surface area contributed by atoms with Crippen molar-refractivity contribution in [3.63, 3.8) is 0 Å². The molecule has 4 nitrogen and oxygen atoms in total. The summed E-state index contributed by atoms with van der Waals surface area (Å²) in [6, 6.07) is 24.1. The van der Waals surface area contributed by atoms with Crippen LogP contribution >= 0.6 is 11.6 Å². The summed E-state index contributed by atoms with van der Waals surface area (Å²) in [7, 11) is 0. The van der Waals surface area contributed by atoms with E-state index in [4.69, 9.17) is 11.6 Å². The Morgan fingerprint density at radius 2 is 1.88 bits per heavy atom. The lowest BCUT2D eigenvalue weighted by Crippen LogP contribution is -2.43. The van der Waals surface area contributed by atoms with E-state index in [9.17, 15) is 4.79 Å². The van der Waals surface area contributed by atoms with Gasteiger partial charge in [-0.1, -0.05) is 60.1 Å². The summed E-state index contributed by atoms with van der Waals surface area (Å²) in [6.07, 6.45) is 5.21. The highest BCUT2D eigenvalue weighted by Gasteiger charge is 2.30. The largest absolute Gasteiger partial charge is 0.347 e. The van der Waals surface area contributed by atoms with E-state index < -0.39 is 0 Å². The topological polar surface area (TPSA) is 45.2 Å². The monoisotopic (exact) mass is 447 g/mol. The summed E-state index contributed by atoms with van der Waals surface area (Å²) in [5.74, 6) is 0.398. The van der Waals surface area contributed by atoms with Crippen molar-refractivity contribution in [2.24, 2.45) is 5.92 Å². The van der Waals surface area contributed by atoms with Crippen LogP contribution < -0.4 is 5.32 Å². The minimum Gasteiger partial charge on any atom is -0.347 e. The number of rotatable bonds is 8. The number of aryl methyl sites for hydroxylation is 1. The Morgan fingerprint density at radius 1 is 1.06 bits per heavy atom. The van der Waals surface area contributed by atoms with Crippen molar-refractivity contribution in [3.05, 3.63) is 101 Å². The van der Waals surface area contributed by atoms with Crippen LogP contribution in [0.5, 0.6) is 0 Å². The van der Waals surface area contributed by atoms with Crippen molar-refractivity contribution in [3.8, 4) is 0 Å². The van der Waals surface area contributed by atoms with Gasteiger partial charge in [-0.15, -0.1) is 0 Å². The fraction of sp³-hybridized carbons (Fsp3) is 0.333. The van der Waals surface area contributed by atoms with Gasteiger partial charge in [-0.3, -0.25) is 14.7 Å². The predicted octanol–water partition coefficient (Wildman–Crippen LogP) is 5.44. The van der Waals surface area contributed by atoms with Crippen LogP contribution in [-0.4, -0.2) is 28.9 Å². The lowest BCUT2D eigenvalue weighted by Gasteiger charge is -2.37. The zero-order chi connectivity index (χ0) is 22.2. The zero-order valence-corrected chi connectivity index (χ0v) is 19.0. The molecule has 2 heterocycles. The predicted molar refractivity (Wildman–Crippen MR) is 129 cm³/mol. The zero-order valence-electron chi connectivity index (χ0n) is 18.3. The van der Waals surface area contributed by atoms with Crippen LogP contribution in [0.3, 0.4) is 0 Å². The average Bonchev–Trinajstić information content (AvgIpc) is 2.83. The molecule has 0 aliphatic carbocycles. The molecule has 3 aromatic rings. The first-order chi connectivity index (χ1) is 15.7. The van der Waals surface area contributed by atoms with Gasteiger partial charge in [0.1, 0.15) is 0 Å². The molecule has 0 radical (unpaired) electrons. The van der Waals surface area contributed by atoms with Crippen LogP contribution in [0, 0.1) is 5.92 Å². The molecule has 166 valence electrons. The third-order valence-corrected chi connectivity index (χ3v) is 6.35. The highest BCUT2D eigenvalue weighted by Crippen LogP contribution is 2.30. The van der Waals surface area contributed by atoms with Gasteiger partial charge in [-0.25, -0.2) is 0 Å². The molecular weight excluding hydrogens is 418 g/mol. The van der Waals surface area contributed by atoms with Crippen LogP contribution in [0.1, 0.15) is 42.1 Å². The minimum atomic E-state index is -0.0818. The van der Waals surface area contributed by atoms with Crippen LogP contribution in [-0.2, 0) is 17.8 Å². The Bertz CT molecular complexity index is 996. The number of carbonyl (C=O) groups is 1. The Morgan fingerprint density at radius 3 is 2.66 bits per heavy atom. The molecule has 0 saturated carbocycles. The first kappa shape index (κ1) is 22.5. The Balaban J connectivity index is 1.43. The van der Waals surface area contributed by atoms with Gasteiger partial charge in [0.05, 0.1) is 11.7 Å². The van der Waals surface area contributed by atoms with Gasteiger partial charge in [0, 0.05) is 30.7 Å². The quantitative estimate of drug-likeness (QED) is 0.500. The number of halogens is 1. The molecule has 1 amide bonds. The van der Waals surface area contributed by atoms with E-state index in [0.29, 0.717) is 12.3 Å². The van der Waals surface area contributed by atoms with E-state index in [1.165, 1.54) is 11.1 Å². The smallest absolute Gasteiger partial charge is 0.220 e. The standard InChI is InChI=1S/C27H30ClN3O/c28-24-12-6-10-22(18-24)19-31-17-7-11-23(20-31)27(25-13-4-5-16-29-25)30-26(32)15-14-21-8-2-1-3-9-21/h1-6,8-10,12-13,16,18,23,27H,7,11,14-15,17,19-20H2,(H,30,32)/t23-,27+/m0/s1. The van der Waals surface area contributed by atoms with Gasteiger partial charge in [0.25, 0.3) is 0 Å². The second-order valence-electron chi connectivity index (χ2n) is 8.55. The number of nitrogens with zero attached hydrogens (tertiary/aromatic N) is 2. The van der Waals surface area contributed by atoms with Crippen molar-refractivity contribution < 1.29 is 4.79 Å². The number of hydrogen-bond acceptors (Lipinski definition) is 3. The van der Waals surface area contributed by atoms with E-state index in [2.05, 4.69) is 33.4 Å². The molecule has 5 heteroatoms. The molecule has 0 bridgehead atoms. The number of carbonyl (C=O) groups excluding carboxylic acids is 1. The van der Waals surface area contributed by atoms with E-state index >= 15 is 0 Å². The molecule has 2 aromatic carbocycles. The van der Waals surface area contributed by atoms with Gasteiger partial charge in [0.2, 0.25) is 5.91 Å². The molecular formula is C27H30ClN3O. The van der Waals surface area contributed by atoms with Gasteiger partial charge < -0.3 is 5.32 Å². The molecule has 0 spiro atoms. The summed E-state index contributed by atoms with van der Waals surface area (Å²) in [4.78, 5) is 19.9. The van der Waals surface area contributed by atoms with Crippen molar-refractivity contribution in [2.45, 2.75) is 38.3 Å². The Hall–Kier alpha value is -2.69. The van der Waals surface area contributed by atoms with Crippen molar-refractivity contribution in [1.29, 1.82) is 0 Å². The molecule has 4 rings (SSSR count). The summed E-state index contributed by atoms with van der Waals surface area (Å²) in [5, 5.41) is 4.09. The van der Waals surface area contributed by atoms with Crippen LogP contribution in [0.15, 0.2) is 79.0 Å². The fourth-order valence-electron chi connectivity index (χ4n) is 4.54. The van der Waals surface area contributed by atoms with Crippen LogP contribution in [0.2, 0.25) is 5.02 Å². The van der Waals surface area contributed by atoms with Crippen LogP contribution in [0.25, 0.3) is 0 Å². The third kappa shape index (κ3) is 6.41. The molecule has 1 aliphatic heterocycles. The molecule has 1 aromatic heterocycles. The summed E-state index contributed by atoms with van der Waals surface area (Å²) in [6.45, 7) is 2.85. The second-order valence-corrected chi connectivity index (χ2v) is 8.99. The SMILES string of the molecule is O=C(CCc1ccccc1)N[C@@H](c1ccccn1)[C@H]1CCCN(Cc2cccc(Cl)c2)C1. The number of likely N-dealkylation sites (tertiary alicyclic amines) is 1. The summed E-state index contributed by atoms with van der Waals surface area (Å²) in [5.41, 5.74) is 3.34. The lowest BCUT2D eigenvalue weighted by molar-refractivity contribution is -0.122. The molecule has 0 unspecified atom stereocenters. The highest BCUT2D eigenvalue weighted by molar-refractivity contribution is 6.30. The Kier molecular flexibility index (Phi) is 7.92. The number of nitrogens with one attached hydrogen (secondary N) is 1. The van der Waals surface area contributed by atoms with E-state index in [0.717, 1.165) is 49.6 Å². The van der Waals surface area contributed by atoms with Gasteiger partial charge in [0.15, 0.2) is 0 Å². The van der Waals surface area contributed by atoms with Gasteiger partial charge >= 0.3 is 0 Å². The molecule has 1 N–H and O–H groups in total.